The Morgan fingerprint density at radius 1 is 0.588 bits per heavy atom. The van der Waals surface area contributed by atoms with Crippen LogP contribution in [-0.2, 0) is 0 Å². The van der Waals surface area contributed by atoms with E-state index < -0.39 is 0 Å². The van der Waals surface area contributed by atoms with Crippen LogP contribution in [-0.4, -0.2) is 15.5 Å². The zero-order valence-corrected chi connectivity index (χ0v) is 16.9. The van der Waals surface area contributed by atoms with E-state index in [0.29, 0.717) is 15.5 Å². The van der Waals surface area contributed by atoms with Crippen LogP contribution in [0.15, 0.2) is 0 Å². The molecule has 0 aromatic carbocycles. The Bertz CT molecular complexity index is 239. The Kier molecular flexibility index (Phi) is 6.79. The average Bonchev–Trinajstić information content (AvgIpc) is 1.68. The van der Waals surface area contributed by atoms with E-state index in [0.717, 1.165) is 0 Å². The topological polar surface area (TPSA) is 0 Å². The van der Waals surface area contributed by atoms with Crippen LogP contribution in [0.1, 0.15) is 62.3 Å². The summed E-state index contributed by atoms with van der Waals surface area (Å²) in [4.78, 5) is 0. The second-order valence-corrected chi connectivity index (χ2v) is 25.6. The first-order valence-corrected chi connectivity index (χ1v) is 13.7. The molecule has 1 fully saturated rings. The van der Waals surface area contributed by atoms with Crippen molar-refractivity contribution in [3.8, 4) is 0 Å². The van der Waals surface area contributed by atoms with Gasteiger partial charge in [-0.15, -0.1) is 7.30 Å². The molecule has 2 unspecified atom stereocenters. The van der Waals surface area contributed by atoms with Crippen LogP contribution in [0.4, 0.5) is 0 Å². The summed E-state index contributed by atoms with van der Waals surface area (Å²) < 4.78 is 0. The first-order chi connectivity index (χ1) is 6.85. The van der Waals surface area contributed by atoms with E-state index in [1.807, 2.05) is 7.96 Å². The van der Waals surface area contributed by atoms with Crippen molar-refractivity contribution in [1.29, 1.82) is 0 Å². The molecule has 0 aliphatic carbocycles. The van der Waals surface area contributed by atoms with Gasteiger partial charge in [0.15, 0.2) is 0 Å². The number of hydrogen-bond donors (Lipinski definition) is 0. The molecule has 0 bridgehead atoms. The van der Waals surface area contributed by atoms with Gasteiger partial charge in [-0.25, -0.2) is 14.6 Å². The summed E-state index contributed by atoms with van der Waals surface area (Å²) >= 11 is 0. The van der Waals surface area contributed by atoms with Crippen LogP contribution in [0.25, 0.3) is 0 Å². The Morgan fingerprint density at radius 3 is 1.06 bits per heavy atom. The molecule has 0 spiro atoms. The van der Waals surface area contributed by atoms with Crippen molar-refractivity contribution in [2.45, 2.75) is 77.8 Å². The number of hydrogen-bond acceptors (Lipinski definition) is 0. The maximum absolute atomic E-state index is 2.48. The third-order valence-corrected chi connectivity index (χ3v) is 37.3. The van der Waals surface area contributed by atoms with E-state index in [9.17, 15) is 0 Å². The molecular weight excluding hydrogens is 275 g/mol. The minimum absolute atomic E-state index is 0. The van der Waals surface area contributed by atoms with E-state index in [2.05, 4.69) is 62.3 Å². The molecule has 2 atom stereocenters. The maximum atomic E-state index is 2.48. The summed E-state index contributed by atoms with van der Waals surface area (Å²) in [5.74, 6) is 0. The van der Waals surface area contributed by atoms with Crippen LogP contribution >= 0.6 is 29.9 Å². The molecule has 0 saturated carbocycles. The smallest absolute Gasteiger partial charge is 0.464 e. The predicted octanol–water partition coefficient (Wildman–Crippen LogP) is 4.45. The van der Waals surface area contributed by atoms with Gasteiger partial charge in [0.2, 0.25) is 0 Å². The average molecular weight is 302 g/mol. The molecule has 1 heterocycles. The van der Waals surface area contributed by atoms with Gasteiger partial charge < -0.3 is 7.96 Å². The summed E-state index contributed by atoms with van der Waals surface area (Å²) in [6.45, 7) is 22.2. The zero-order chi connectivity index (χ0) is 12.9. The van der Waals surface area contributed by atoms with E-state index in [4.69, 9.17) is 0 Å². The Hall–Kier alpha value is 2.32. The van der Waals surface area contributed by atoms with Crippen LogP contribution < -0.4 is 18.9 Å². The largest absolute Gasteiger partial charge is 1.00 e. The van der Waals surface area contributed by atoms with E-state index >= 15 is 0 Å². The van der Waals surface area contributed by atoms with Crippen LogP contribution in [0.5, 0.6) is 0 Å². The molecule has 1 aliphatic heterocycles. The fraction of sp³-hybridized carbons (Fsp3) is 1.00. The molecule has 1 aliphatic rings. The minimum atomic E-state index is 0. The van der Waals surface area contributed by atoms with Crippen LogP contribution in [0.2, 0.25) is 0 Å². The molecule has 5 heteroatoms. The van der Waals surface area contributed by atoms with Crippen molar-refractivity contribution >= 4 is 29.9 Å². The second-order valence-electron chi connectivity index (χ2n) is 7.47. The van der Waals surface area contributed by atoms with Crippen LogP contribution in [0.3, 0.4) is 0 Å². The summed E-state index contributed by atoms with van der Waals surface area (Å²) in [7, 11) is 2.67. The monoisotopic (exact) mass is 302 g/mol. The van der Waals surface area contributed by atoms with Gasteiger partial charge in [0.25, 0.3) is 0 Å². The fourth-order valence-corrected chi connectivity index (χ4v) is 41.3. The summed E-state index contributed by atoms with van der Waals surface area (Å²) in [5, 5.41) is 1.71. The van der Waals surface area contributed by atoms with E-state index in [-0.39, 0.29) is 40.8 Å². The van der Waals surface area contributed by atoms with Crippen molar-refractivity contribution in [2.75, 3.05) is 0 Å². The van der Waals surface area contributed by atoms with Crippen molar-refractivity contribution in [2.24, 2.45) is 0 Å². The molecule has 0 amide bonds. The minimum Gasteiger partial charge on any atom is -0.464 e. The third kappa shape index (κ3) is 4.67. The van der Waals surface area contributed by atoms with Gasteiger partial charge in [0.1, 0.15) is 0 Å². The van der Waals surface area contributed by atoms with Crippen LogP contribution in [0, 0.1) is 0 Å². The zero-order valence-electron chi connectivity index (χ0n) is 13.3. The SMILES string of the molecule is CC(C)(C)P1[P-]P(C(C)(C)C)P1C(C)(C)C.[Li+]. The summed E-state index contributed by atoms with van der Waals surface area (Å²) in [5.41, 5.74) is 0. The van der Waals surface area contributed by atoms with Gasteiger partial charge in [0.05, 0.1) is 0 Å². The fourth-order valence-electron chi connectivity index (χ4n) is 1.61. The molecular formula is C12H27LiP4. The van der Waals surface area contributed by atoms with Gasteiger partial charge in [0, 0.05) is 0 Å². The van der Waals surface area contributed by atoms with Crippen molar-refractivity contribution in [1.82, 2.24) is 0 Å². The third-order valence-electron chi connectivity index (χ3n) is 2.33. The quantitative estimate of drug-likeness (QED) is 0.458. The number of rotatable bonds is 0. The van der Waals surface area contributed by atoms with Gasteiger partial charge in [-0.2, -0.15) is 0 Å². The van der Waals surface area contributed by atoms with Crippen molar-refractivity contribution in [3.05, 3.63) is 0 Å². The molecule has 96 valence electrons. The first kappa shape index (κ1) is 19.3. The first-order valence-electron chi connectivity index (χ1n) is 5.97. The molecule has 0 aromatic rings. The standard InChI is InChI=1S/C12H27P4.Li/c1-10(2,3)14-13-15(11(4,5)6)16(14)12(7,8)9;/h1-9H3;/q-1;+1. The van der Waals surface area contributed by atoms with Gasteiger partial charge in [-0.1, -0.05) is 62.3 Å². The van der Waals surface area contributed by atoms with E-state index in [1.165, 1.54) is 0 Å². The molecule has 17 heavy (non-hydrogen) atoms. The Balaban J connectivity index is 0.00000256. The van der Waals surface area contributed by atoms with Gasteiger partial charge in [-0.05, 0) is 15.5 Å². The summed E-state index contributed by atoms with van der Waals surface area (Å²) in [6.07, 6.45) is 0. The molecule has 0 aromatic heterocycles. The predicted molar refractivity (Wildman–Crippen MR) is 86.9 cm³/mol. The second kappa shape index (κ2) is 5.98. The normalized spacial score (nSPS) is 31.9. The molecule has 1 rings (SSSR count). The van der Waals surface area contributed by atoms with E-state index in [1.54, 1.807) is 0 Å². The van der Waals surface area contributed by atoms with Gasteiger partial charge >= 0.3 is 18.9 Å². The molecule has 0 N–H and O–H groups in total. The molecule has 0 radical (unpaired) electrons. The molecule has 0 nitrogen and oxygen atoms in total. The van der Waals surface area contributed by atoms with Crippen molar-refractivity contribution in [3.63, 3.8) is 0 Å². The van der Waals surface area contributed by atoms with Gasteiger partial charge in [-0.3, -0.25) is 0 Å². The maximum Gasteiger partial charge on any atom is 1.00 e. The van der Waals surface area contributed by atoms with Crippen molar-refractivity contribution < 1.29 is 18.9 Å². The molecule has 1 saturated heterocycles. The Morgan fingerprint density at radius 2 is 0.882 bits per heavy atom. The Labute approximate surface area is 126 Å². The summed E-state index contributed by atoms with van der Waals surface area (Å²) in [6, 6.07) is 0.